The second kappa shape index (κ2) is 7.25. The summed E-state index contributed by atoms with van der Waals surface area (Å²) < 4.78 is 0. The van der Waals surface area contributed by atoms with Gasteiger partial charge in [-0.2, -0.15) is 11.8 Å². The van der Waals surface area contributed by atoms with Crippen molar-refractivity contribution in [1.29, 1.82) is 0 Å². The average molecular weight is 274 g/mol. The zero-order valence-electron chi connectivity index (χ0n) is 10.3. The number of thioether (sulfide) groups is 1. The fourth-order valence-electron chi connectivity index (χ4n) is 1.37. The molecule has 1 atom stereocenters. The van der Waals surface area contributed by atoms with E-state index < -0.39 is 12.0 Å². The van der Waals surface area contributed by atoms with Crippen LogP contribution in [-0.2, 0) is 14.4 Å². The van der Waals surface area contributed by atoms with Gasteiger partial charge in [-0.3, -0.25) is 9.59 Å². The van der Waals surface area contributed by atoms with Gasteiger partial charge in [0.2, 0.25) is 11.8 Å². The number of aliphatic carboxylic acids is 1. The van der Waals surface area contributed by atoms with E-state index in [4.69, 9.17) is 5.11 Å². The summed E-state index contributed by atoms with van der Waals surface area (Å²) in [6, 6.07) is -0.522. The van der Waals surface area contributed by atoms with E-state index in [9.17, 15) is 14.4 Å². The molecular formula is C11H18N2O4S. The number of rotatable bonds is 8. The zero-order chi connectivity index (χ0) is 13.5. The molecule has 102 valence electrons. The monoisotopic (exact) mass is 274 g/mol. The van der Waals surface area contributed by atoms with Crippen molar-refractivity contribution in [2.75, 3.05) is 11.5 Å². The van der Waals surface area contributed by atoms with Crippen LogP contribution in [0.3, 0.4) is 0 Å². The molecule has 2 amide bonds. The van der Waals surface area contributed by atoms with E-state index in [-0.39, 0.29) is 11.8 Å². The van der Waals surface area contributed by atoms with E-state index in [1.807, 2.05) is 0 Å². The minimum Gasteiger partial charge on any atom is -0.480 e. The molecule has 1 aliphatic carbocycles. The molecule has 0 spiro atoms. The van der Waals surface area contributed by atoms with Crippen molar-refractivity contribution in [2.24, 2.45) is 0 Å². The lowest BCUT2D eigenvalue weighted by molar-refractivity contribution is -0.141. The second-order valence-electron chi connectivity index (χ2n) is 4.27. The third-order valence-corrected chi connectivity index (χ3v) is 3.39. The Balaban J connectivity index is 2.11. The Morgan fingerprint density at radius 1 is 1.39 bits per heavy atom. The van der Waals surface area contributed by atoms with Crippen LogP contribution in [0.5, 0.6) is 0 Å². The Bertz CT molecular complexity index is 331. The first kappa shape index (κ1) is 14.8. The number of nitrogens with one attached hydrogen (secondary N) is 2. The lowest BCUT2D eigenvalue weighted by Gasteiger charge is -2.12. The molecule has 7 heteroatoms. The molecule has 0 aromatic heterocycles. The number of carbonyl (C=O) groups excluding carboxylic acids is 2. The lowest BCUT2D eigenvalue weighted by Crippen LogP contribution is -2.40. The first-order chi connectivity index (χ1) is 8.49. The predicted octanol–water partition coefficient (Wildman–Crippen LogP) is -0.0224. The van der Waals surface area contributed by atoms with E-state index in [2.05, 4.69) is 10.6 Å². The summed E-state index contributed by atoms with van der Waals surface area (Å²) in [6.45, 7) is 1.28. The molecule has 1 saturated carbocycles. The van der Waals surface area contributed by atoms with Crippen LogP contribution in [0.1, 0.15) is 26.2 Å². The van der Waals surface area contributed by atoms with Crippen LogP contribution < -0.4 is 10.6 Å². The second-order valence-corrected chi connectivity index (χ2v) is 5.38. The van der Waals surface area contributed by atoms with Gasteiger partial charge in [-0.25, -0.2) is 4.79 Å². The number of hydrogen-bond donors (Lipinski definition) is 3. The van der Waals surface area contributed by atoms with Gasteiger partial charge in [0.1, 0.15) is 6.04 Å². The maximum absolute atomic E-state index is 11.3. The fraction of sp³-hybridized carbons (Fsp3) is 0.727. The first-order valence-corrected chi connectivity index (χ1v) is 7.01. The largest absolute Gasteiger partial charge is 0.480 e. The van der Waals surface area contributed by atoms with Crippen LogP contribution in [0.2, 0.25) is 0 Å². The van der Waals surface area contributed by atoms with Gasteiger partial charge in [-0.1, -0.05) is 0 Å². The minimum absolute atomic E-state index is 0.00565. The molecule has 0 aliphatic heterocycles. The highest BCUT2D eigenvalue weighted by atomic mass is 32.2. The number of carbonyl (C=O) groups is 3. The van der Waals surface area contributed by atoms with Crippen molar-refractivity contribution in [3.8, 4) is 0 Å². The highest BCUT2D eigenvalue weighted by molar-refractivity contribution is 7.99. The van der Waals surface area contributed by atoms with Gasteiger partial charge in [-0.05, 0) is 25.0 Å². The Hall–Kier alpha value is -1.24. The number of carboxylic acid groups (broad SMARTS) is 1. The molecule has 1 rings (SSSR count). The normalized spacial score (nSPS) is 15.8. The van der Waals surface area contributed by atoms with E-state index in [0.717, 1.165) is 12.8 Å². The summed E-state index contributed by atoms with van der Waals surface area (Å²) in [6.07, 6.45) is 2.43. The quantitative estimate of drug-likeness (QED) is 0.541. The van der Waals surface area contributed by atoms with Gasteiger partial charge in [0.25, 0.3) is 0 Å². The SMILES string of the molecule is CC(=O)NC(CCSCC(=O)NC1CC1)C(=O)O. The lowest BCUT2D eigenvalue weighted by atomic mass is 10.2. The Morgan fingerprint density at radius 2 is 2.06 bits per heavy atom. The van der Waals surface area contributed by atoms with Gasteiger partial charge in [0.15, 0.2) is 0 Å². The van der Waals surface area contributed by atoms with Gasteiger partial charge in [0, 0.05) is 13.0 Å². The Kier molecular flexibility index (Phi) is 5.97. The van der Waals surface area contributed by atoms with Gasteiger partial charge >= 0.3 is 5.97 Å². The van der Waals surface area contributed by atoms with Crippen molar-refractivity contribution in [2.45, 2.75) is 38.3 Å². The summed E-state index contributed by atoms with van der Waals surface area (Å²) in [5.74, 6) is -0.556. The molecule has 0 aromatic rings. The fourth-order valence-corrected chi connectivity index (χ4v) is 2.18. The number of amides is 2. The zero-order valence-corrected chi connectivity index (χ0v) is 11.1. The summed E-state index contributed by atoms with van der Waals surface area (Å²) in [4.78, 5) is 32.9. The molecule has 0 heterocycles. The Morgan fingerprint density at radius 3 is 2.56 bits per heavy atom. The van der Waals surface area contributed by atoms with Crippen LogP contribution in [0.15, 0.2) is 0 Å². The van der Waals surface area contributed by atoms with Crippen molar-refractivity contribution in [1.82, 2.24) is 10.6 Å². The van der Waals surface area contributed by atoms with Crippen LogP contribution in [0, 0.1) is 0 Å². The van der Waals surface area contributed by atoms with Crippen molar-refractivity contribution >= 4 is 29.5 Å². The molecule has 0 saturated heterocycles. The molecule has 3 N–H and O–H groups in total. The molecule has 1 fully saturated rings. The smallest absolute Gasteiger partial charge is 0.326 e. The summed E-state index contributed by atoms with van der Waals surface area (Å²) in [7, 11) is 0. The maximum Gasteiger partial charge on any atom is 0.326 e. The van der Waals surface area contributed by atoms with Crippen LogP contribution in [0.4, 0.5) is 0 Å². The minimum atomic E-state index is -1.05. The molecule has 0 radical (unpaired) electrons. The standard InChI is InChI=1S/C11H18N2O4S/c1-7(14)12-9(11(16)17)4-5-18-6-10(15)13-8-2-3-8/h8-9H,2-6H2,1H3,(H,12,14)(H,13,15)(H,16,17). The van der Waals surface area contributed by atoms with E-state index in [1.54, 1.807) is 0 Å². The third kappa shape index (κ3) is 6.48. The summed E-state index contributed by atoms with van der Waals surface area (Å²) in [5.41, 5.74) is 0. The molecule has 1 aliphatic rings. The van der Waals surface area contributed by atoms with Crippen molar-refractivity contribution < 1.29 is 19.5 Å². The van der Waals surface area contributed by atoms with Gasteiger partial charge in [-0.15, -0.1) is 0 Å². The van der Waals surface area contributed by atoms with Crippen LogP contribution >= 0.6 is 11.8 Å². The molecule has 1 unspecified atom stereocenters. The van der Waals surface area contributed by atoms with Crippen LogP contribution in [-0.4, -0.2) is 46.5 Å². The van der Waals surface area contributed by atoms with Gasteiger partial charge in [0.05, 0.1) is 5.75 Å². The van der Waals surface area contributed by atoms with Crippen molar-refractivity contribution in [3.05, 3.63) is 0 Å². The molecular weight excluding hydrogens is 256 g/mol. The number of carboxylic acids is 1. The maximum atomic E-state index is 11.3. The molecule has 18 heavy (non-hydrogen) atoms. The van der Waals surface area contributed by atoms with E-state index >= 15 is 0 Å². The van der Waals surface area contributed by atoms with Gasteiger partial charge < -0.3 is 15.7 Å². The summed E-state index contributed by atoms with van der Waals surface area (Å²) in [5, 5.41) is 14.1. The van der Waals surface area contributed by atoms with Crippen molar-refractivity contribution in [3.63, 3.8) is 0 Å². The molecule has 0 aromatic carbocycles. The first-order valence-electron chi connectivity index (χ1n) is 5.86. The third-order valence-electron chi connectivity index (χ3n) is 2.40. The highest BCUT2D eigenvalue weighted by Gasteiger charge is 2.23. The van der Waals surface area contributed by atoms with E-state index in [0.29, 0.717) is 24.0 Å². The summed E-state index contributed by atoms with van der Waals surface area (Å²) >= 11 is 1.38. The van der Waals surface area contributed by atoms with Crippen LogP contribution in [0.25, 0.3) is 0 Å². The molecule has 6 nitrogen and oxygen atoms in total. The molecule has 0 bridgehead atoms. The average Bonchev–Trinajstić information content (AvgIpc) is 3.05. The topological polar surface area (TPSA) is 95.5 Å². The Labute approximate surface area is 110 Å². The van der Waals surface area contributed by atoms with E-state index in [1.165, 1.54) is 18.7 Å². The highest BCUT2D eigenvalue weighted by Crippen LogP contribution is 2.18. The predicted molar refractivity (Wildman–Crippen MR) is 68.3 cm³/mol. The number of hydrogen-bond acceptors (Lipinski definition) is 4.